The number of anilines is 1. The fraction of sp³-hybridized carbons (Fsp3) is 0.296. The summed E-state index contributed by atoms with van der Waals surface area (Å²) in [4.78, 5) is 14.1. The summed E-state index contributed by atoms with van der Waals surface area (Å²) in [6.45, 7) is 10.8. The minimum Gasteiger partial charge on any atom is -0.392 e. The van der Waals surface area contributed by atoms with E-state index in [0.717, 1.165) is 63.5 Å². The lowest BCUT2D eigenvalue weighted by Gasteiger charge is -2.11. The third-order valence-corrected chi connectivity index (χ3v) is 6.38. The Morgan fingerprint density at radius 2 is 1.91 bits per heavy atom. The smallest absolute Gasteiger partial charge is 0.183 e. The highest BCUT2D eigenvalue weighted by molar-refractivity contribution is 7.22. The first-order valence-corrected chi connectivity index (χ1v) is 12.3. The number of rotatable bonds is 8. The summed E-state index contributed by atoms with van der Waals surface area (Å²) in [7, 11) is 1.91. The summed E-state index contributed by atoms with van der Waals surface area (Å²) in [6, 6.07) is 12.7. The summed E-state index contributed by atoms with van der Waals surface area (Å²) in [6.07, 6.45) is 8.65. The van der Waals surface area contributed by atoms with Gasteiger partial charge in [0.15, 0.2) is 5.13 Å². The maximum Gasteiger partial charge on any atom is 0.183 e. The molecule has 4 aromatic rings. The largest absolute Gasteiger partial charge is 0.392 e. The number of thiazole rings is 1. The fourth-order valence-electron chi connectivity index (χ4n) is 3.63. The maximum atomic E-state index is 4.77. The highest BCUT2D eigenvalue weighted by atomic mass is 32.1. The van der Waals surface area contributed by atoms with E-state index in [2.05, 4.69) is 60.3 Å². The number of hydrogen-bond donors (Lipinski definition) is 2. The average Bonchev–Trinajstić information content (AvgIpc) is 3.29. The van der Waals surface area contributed by atoms with Gasteiger partial charge in [0.1, 0.15) is 0 Å². The zero-order chi connectivity index (χ0) is 23.6. The predicted octanol–water partition coefficient (Wildman–Crippen LogP) is 6.72. The lowest BCUT2D eigenvalue weighted by molar-refractivity contribution is 0.858. The first-order chi connectivity index (χ1) is 16.1. The zero-order valence-corrected chi connectivity index (χ0v) is 20.8. The molecule has 3 heterocycles. The minimum absolute atomic E-state index is 0.912. The molecule has 6 heteroatoms. The molecule has 0 fully saturated rings. The lowest BCUT2D eigenvalue weighted by Crippen LogP contribution is -1.99. The standard InChI is InChI=1S/C23H24N4S.C4H9N/c1-4-8-19-15(5-2)11-17(14-26-19)16-12-18(20-9-6-7-10-25-20)22-21(13-16)27-23(24-3)28-22;1-3-5-4-2/h6-7,9-14H,4-5,8H2,1-3H3,(H,24,27);3,5H,1,4H2,2H3. The van der Waals surface area contributed by atoms with E-state index in [1.54, 1.807) is 17.5 Å². The average molecular weight is 460 g/mol. The van der Waals surface area contributed by atoms with E-state index in [9.17, 15) is 0 Å². The van der Waals surface area contributed by atoms with Crippen molar-refractivity contribution in [2.45, 2.75) is 40.0 Å². The van der Waals surface area contributed by atoms with Crippen molar-refractivity contribution in [3.8, 4) is 22.4 Å². The van der Waals surface area contributed by atoms with Crippen LogP contribution in [0.2, 0.25) is 0 Å². The van der Waals surface area contributed by atoms with Crippen LogP contribution in [0.5, 0.6) is 0 Å². The van der Waals surface area contributed by atoms with Gasteiger partial charge in [-0.3, -0.25) is 9.97 Å². The monoisotopic (exact) mass is 459 g/mol. The Balaban J connectivity index is 0.000000555. The molecule has 4 rings (SSSR count). The van der Waals surface area contributed by atoms with Gasteiger partial charge >= 0.3 is 0 Å². The quantitative estimate of drug-likeness (QED) is 0.306. The van der Waals surface area contributed by atoms with Gasteiger partial charge < -0.3 is 10.6 Å². The first-order valence-electron chi connectivity index (χ1n) is 11.5. The summed E-state index contributed by atoms with van der Waals surface area (Å²) < 4.78 is 1.15. The molecule has 5 nitrogen and oxygen atoms in total. The van der Waals surface area contributed by atoms with Crippen molar-refractivity contribution >= 4 is 26.7 Å². The van der Waals surface area contributed by atoms with Gasteiger partial charge in [-0.15, -0.1) is 0 Å². The fourth-order valence-corrected chi connectivity index (χ4v) is 4.55. The molecule has 3 aromatic heterocycles. The molecule has 1 aromatic carbocycles. The van der Waals surface area contributed by atoms with Gasteiger partial charge in [-0.05, 0) is 67.4 Å². The van der Waals surface area contributed by atoms with Crippen LogP contribution in [0.25, 0.3) is 32.6 Å². The number of fused-ring (bicyclic) bond motifs is 1. The molecule has 172 valence electrons. The first kappa shape index (κ1) is 24.4. The van der Waals surface area contributed by atoms with Crippen molar-refractivity contribution in [3.63, 3.8) is 0 Å². The Hall–Kier alpha value is -3.25. The van der Waals surface area contributed by atoms with Gasteiger partial charge in [0.05, 0.1) is 15.9 Å². The van der Waals surface area contributed by atoms with Crippen LogP contribution in [0.1, 0.15) is 38.4 Å². The van der Waals surface area contributed by atoms with Crippen molar-refractivity contribution in [2.75, 3.05) is 18.9 Å². The van der Waals surface area contributed by atoms with Crippen LogP contribution in [0.4, 0.5) is 5.13 Å². The van der Waals surface area contributed by atoms with E-state index in [1.165, 1.54) is 11.3 Å². The summed E-state index contributed by atoms with van der Waals surface area (Å²) >= 11 is 1.66. The Kier molecular flexibility index (Phi) is 8.95. The molecular weight excluding hydrogens is 426 g/mol. The molecule has 0 spiro atoms. The molecule has 33 heavy (non-hydrogen) atoms. The van der Waals surface area contributed by atoms with E-state index < -0.39 is 0 Å². The second-order valence-corrected chi connectivity index (χ2v) is 8.55. The van der Waals surface area contributed by atoms with Gasteiger partial charge in [-0.1, -0.05) is 44.3 Å². The highest BCUT2D eigenvalue weighted by Crippen LogP contribution is 2.38. The van der Waals surface area contributed by atoms with E-state index in [4.69, 9.17) is 9.97 Å². The van der Waals surface area contributed by atoms with Gasteiger partial charge in [-0.25, -0.2) is 4.98 Å². The molecule has 0 amide bonds. The number of nitrogens with one attached hydrogen (secondary N) is 2. The van der Waals surface area contributed by atoms with Crippen LogP contribution < -0.4 is 10.6 Å². The van der Waals surface area contributed by atoms with Crippen molar-refractivity contribution < 1.29 is 0 Å². The molecule has 0 aliphatic heterocycles. The number of aromatic nitrogens is 3. The van der Waals surface area contributed by atoms with E-state index in [-0.39, 0.29) is 0 Å². The van der Waals surface area contributed by atoms with Crippen molar-refractivity contribution in [1.82, 2.24) is 20.3 Å². The molecule has 0 atom stereocenters. The van der Waals surface area contributed by atoms with Crippen LogP contribution >= 0.6 is 11.3 Å². The number of pyridine rings is 2. The van der Waals surface area contributed by atoms with Crippen LogP contribution in [-0.4, -0.2) is 28.5 Å². The molecule has 0 saturated heterocycles. The number of benzene rings is 1. The van der Waals surface area contributed by atoms with E-state index in [0.29, 0.717) is 0 Å². The highest BCUT2D eigenvalue weighted by Gasteiger charge is 2.14. The number of nitrogens with zero attached hydrogens (tertiary/aromatic N) is 3. The van der Waals surface area contributed by atoms with Crippen LogP contribution in [0.15, 0.2) is 61.6 Å². The normalized spacial score (nSPS) is 10.4. The van der Waals surface area contributed by atoms with Crippen LogP contribution in [0.3, 0.4) is 0 Å². The third kappa shape index (κ3) is 5.96. The molecule has 0 saturated carbocycles. The van der Waals surface area contributed by atoms with Gasteiger partial charge in [0, 0.05) is 42.8 Å². The number of aryl methyl sites for hydroxylation is 2. The Morgan fingerprint density at radius 3 is 2.52 bits per heavy atom. The predicted molar refractivity (Wildman–Crippen MR) is 143 cm³/mol. The van der Waals surface area contributed by atoms with Crippen LogP contribution in [-0.2, 0) is 12.8 Å². The van der Waals surface area contributed by atoms with Crippen molar-refractivity contribution in [2.24, 2.45) is 0 Å². The summed E-state index contributed by atoms with van der Waals surface area (Å²) in [5.41, 5.74) is 7.87. The Bertz CT molecular complexity index is 1180. The molecule has 0 aliphatic carbocycles. The summed E-state index contributed by atoms with van der Waals surface area (Å²) in [5.74, 6) is 0. The zero-order valence-electron chi connectivity index (χ0n) is 20.0. The molecule has 0 bridgehead atoms. The molecule has 0 radical (unpaired) electrons. The number of hydrogen-bond acceptors (Lipinski definition) is 6. The molecule has 2 N–H and O–H groups in total. The van der Waals surface area contributed by atoms with E-state index in [1.807, 2.05) is 38.5 Å². The van der Waals surface area contributed by atoms with Gasteiger partial charge in [0.2, 0.25) is 0 Å². The molecular formula is C27H33N5S. The van der Waals surface area contributed by atoms with Crippen molar-refractivity contribution in [3.05, 3.63) is 72.8 Å². The third-order valence-electron chi connectivity index (χ3n) is 5.25. The van der Waals surface area contributed by atoms with Gasteiger partial charge in [0.25, 0.3) is 0 Å². The van der Waals surface area contributed by atoms with E-state index >= 15 is 0 Å². The molecule has 0 unspecified atom stereocenters. The second-order valence-electron chi connectivity index (χ2n) is 7.55. The SMILES string of the molecule is C=CNCC.CCCc1ncc(-c2cc(-c3ccccn3)c3sc(NC)nc3c2)cc1CC. The Morgan fingerprint density at radius 1 is 1.06 bits per heavy atom. The Labute approximate surface area is 201 Å². The summed E-state index contributed by atoms with van der Waals surface area (Å²) in [5, 5.41) is 6.96. The minimum atomic E-state index is 0.912. The topological polar surface area (TPSA) is 62.7 Å². The molecule has 0 aliphatic rings. The second kappa shape index (κ2) is 12.1. The van der Waals surface area contributed by atoms with Crippen LogP contribution in [0, 0.1) is 0 Å². The lowest BCUT2D eigenvalue weighted by atomic mass is 9.98. The van der Waals surface area contributed by atoms with Gasteiger partial charge in [-0.2, -0.15) is 0 Å². The van der Waals surface area contributed by atoms with Crippen molar-refractivity contribution in [1.29, 1.82) is 0 Å². The maximum absolute atomic E-state index is 4.77.